The lowest BCUT2D eigenvalue weighted by Gasteiger charge is -1.97. The molecule has 0 fully saturated rings. The van der Waals surface area contributed by atoms with E-state index in [1.165, 1.54) is 6.07 Å². The Labute approximate surface area is 80.3 Å². The zero-order valence-electron chi connectivity index (χ0n) is 7.86. The summed E-state index contributed by atoms with van der Waals surface area (Å²) in [6, 6.07) is 5.03. The van der Waals surface area contributed by atoms with Crippen LogP contribution in [0.25, 0.3) is 5.65 Å². The molecule has 14 heavy (non-hydrogen) atoms. The first-order chi connectivity index (χ1) is 6.83. The molecule has 5 heteroatoms. The molecule has 0 aliphatic carbocycles. The number of H-pyrrole nitrogens is 1. The number of aromatic amines is 1. The van der Waals surface area contributed by atoms with Crippen LogP contribution in [0.1, 0.15) is 5.82 Å². The van der Waals surface area contributed by atoms with Gasteiger partial charge in [0, 0.05) is 19.6 Å². The third-order valence-corrected chi connectivity index (χ3v) is 2.04. The Morgan fingerprint density at radius 1 is 1.57 bits per heavy atom. The molecule has 5 nitrogen and oxygen atoms in total. The average molecular weight is 193 g/mol. The van der Waals surface area contributed by atoms with Crippen LogP contribution < -0.4 is 5.56 Å². The predicted molar refractivity (Wildman–Crippen MR) is 51.4 cm³/mol. The molecule has 0 unspecified atom stereocenters. The number of rotatable bonds is 3. The third kappa shape index (κ3) is 1.42. The molecule has 0 bridgehead atoms. The molecule has 0 aliphatic heterocycles. The minimum atomic E-state index is -0.0673. The number of fused-ring (bicyclic) bond motifs is 1. The van der Waals surface area contributed by atoms with Gasteiger partial charge in [-0.25, -0.2) is 4.40 Å². The molecule has 0 saturated heterocycles. The molecule has 2 aromatic rings. The summed E-state index contributed by atoms with van der Waals surface area (Å²) in [6.45, 7) is 0.557. The van der Waals surface area contributed by atoms with Gasteiger partial charge in [-0.1, -0.05) is 6.07 Å². The monoisotopic (exact) mass is 193 g/mol. The molecule has 0 saturated carbocycles. The second kappa shape index (κ2) is 3.63. The number of nitrogens with zero attached hydrogens (tertiary/aromatic N) is 2. The Balaban J connectivity index is 2.50. The first kappa shape index (κ1) is 8.96. The summed E-state index contributed by atoms with van der Waals surface area (Å²) in [7, 11) is 1.62. The standard InChI is InChI=1S/C9H11N3O2/c1-14-6-5-8-11-10-7-3-2-4-9(13)12(7)8/h2-4,10H,5-6H2,1H3. The normalized spacial score (nSPS) is 10.9. The highest BCUT2D eigenvalue weighted by Crippen LogP contribution is 1.99. The molecule has 0 aliphatic rings. The number of nitrogens with one attached hydrogen (secondary N) is 1. The van der Waals surface area contributed by atoms with E-state index in [1.807, 2.05) is 6.07 Å². The van der Waals surface area contributed by atoms with Crippen molar-refractivity contribution in [2.24, 2.45) is 0 Å². The second-order valence-corrected chi connectivity index (χ2v) is 2.97. The molecular weight excluding hydrogens is 182 g/mol. The van der Waals surface area contributed by atoms with E-state index in [0.717, 1.165) is 0 Å². The zero-order valence-corrected chi connectivity index (χ0v) is 7.86. The van der Waals surface area contributed by atoms with Crippen molar-refractivity contribution in [2.45, 2.75) is 6.42 Å². The van der Waals surface area contributed by atoms with E-state index < -0.39 is 0 Å². The quantitative estimate of drug-likeness (QED) is 0.758. The molecule has 0 atom stereocenters. The van der Waals surface area contributed by atoms with Gasteiger partial charge in [0.1, 0.15) is 11.5 Å². The largest absolute Gasteiger partial charge is 0.384 e. The minimum absolute atomic E-state index is 0.0673. The van der Waals surface area contributed by atoms with E-state index in [9.17, 15) is 4.79 Å². The number of hydrogen-bond donors (Lipinski definition) is 1. The topological polar surface area (TPSA) is 59.4 Å². The van der Waals surface area contributed by atoms with Gasteiger partial charge in [-0.15, -0.1) is 0 Å². The van der Waals surface area contributed by atoms with Crippen molar-refractivity contribution < 1.29 is 4.74 Å². The van der Waals surface area contributed by atoms with Gasteiger partial charge in [-0.3, -0.25) is 9.89 Å². The van der Waals surface area contributed by atoms with Crippen molar-refractivity contribution in [2.75, 3.05) is 13.7 Å². The third-order valence-electron chi connectivity index (χ3n) is 2.04. The molecule has 0 spiro atoms. The van der Waals surface area contributed by atoms with Gasteiger partial charge in [0.15, 0.2) is 0 Å². The van der Waals surface area contributed by atoms with E-state index in [1.54, 1.807) is 17.6 Å². The summed E-state index contributed by atoms with van der Waals surface area (Å²) in [5.74, 6) is 0.701. The molecular formula is C9H11N3O2. The highest BCUT2D eigenvalue weighted by molar-refractivity contribution is 5.36. The Morgan fingerprint density at radius 2 is 2.43 bits per heavy atom. The van der Waals surface area contributed by atoms with Crippen LogP contribution in [0.15, 0.2) is 23.0 Å². The zero-order chi connectivity index (χ0) is 9.97. The smallest absolute Gasteiger partial charge is 0.257 e. The fraction of sp³-hybridized carbons (Fsp3) is 0.333. The highest BCUT2D eigenvalue weighted by Gasteiger charge is 2.05. The number of methoxy groups -OCH3 is 1. The summed E-state index contributed by atoms with van der Waals surface area (Å²) in [5.41, 5.74) is 0.644. The summed E-state index contributed by atoms with van der Waals surface area (Å²) in [4.78, 5) is 11.5. The van der Waals surface area contributed by atoms with Crippen molar-refractivity contribution in [3.8, 4) is 0 Å². The summed E-state index contributed by atoms with van der Waals surface area (Å²) >= 11 is 0. The van der Waals surface area contributed by atoms with Crippen molar-refractivity contribution in [3.63, 3.8) is 0 Å². The van der Waals surface area contributed by atoms with Crippen molar-refractivity contribution >= 4 is 5.65 Å². The van der Waals surface area contributed by atoms with Crippen LogP contribution in [-0.4, -0.2) is 28.3 Å². The van der Waals surface area contributed by atoms with Crippen LogP contribution in [0, 0.1) is 0 Å². The van der Waals surface area contributed by atoms with Gasteiger partial charge < -0.3 is 4.74 Å². The van der Waals surface area contributed by atoms with E-state index in [-0.39, 0.29) is 5.56 Å². The Kier molecular flexibility index (Phi) is 2.32. The van der Waals surface area contributed by atoms with Crippen LogP contribution in [0.2, 0.25) is 0 Å². The SMILES string of the molecule is COCCc1n[nH]c2cccc(=O)n12. The maximum absolute atomic E-state index is 11.5. The summed E-state index contributed by atoms with van der Waals surface area (Å²) < 4.78 is 6.49. The van der Waals surface area contributed by atoms with Crippen LogP contribution in [0.4, 0.5) is 0 Å². The number of ether oxygens (including phenoxy) is 1. The lowest BCUT2D eigenvalue weighted by atomic mass is 10.4. The predicted octanol–water partition coefficient (Wildman–Crippen LogP) is 0.212. The molecule has 74 valence electrons. The maximum Gasteiger partial charge on any atom is 0.257 e. The van der Waals surface area contributed by atoms with Crippen LogP contribution in [-0.2, 0) is 11.2 Å². The van der Waals surface area contributed by atoms with E-state index in [2.05, 4.69) is 10.2 Å². The first-order valence-electron chi connectivity index (χ1n) is 4.37. The second-order valence-electron chi connectivity index (χ2n) is 2.97. The number of aromatic nitrogens is 3. The van der Waals surface area contributed by atoms with Crippen molar-refractivity contribution in [1.29, 1.82) is 0 Å². The molecule has 1 N–H and O–H groups in total. The number of hydrogen-bond acceptors (Lipinski definition) is 3. The van der Waals surface area contributed by atoms with Gasteiger partial charge in [0.25, 0.3) is 5.56 Å². The molecule has 0 radical (unpaired) electrons. The van der Waals surface area contributed by atoms with Gasteiger partial charge in [-0.2, -0.15) is 5.10 Å². The molecule has 2 aromatic heterocycles. The lowest BCUT2D eigenvalue weighted by Crippen LogP contribution is -2.14. The molecule has 0 aromatic carbocycles. The fourth-order valence-electron chi connectivity index (χ4n) is 1.38. The van der Waals surface area contributed by atoms with Crippen LogP contribution >= 0.6 is 0 Å². The first-order valence-corrected chi connectivity index (χ1v) is 4.37. The minimum Gasteiger partial charge on any atom is -0.384 e. The summed E-state index contributed by atoms with van der Waals surface area (Å²) in [6.07, 6.45) is 0.625. The lowest BCUT2D eigenvalue weighted by molar-refractivity contribution is 0.200. The van der Waals surface area contributed by atoms with Crippen molar-refractivity contribution in [3.05, 3.63) is 34.4 Å². The van der Waals surface area contributed by atoms with Gasteiger partial charge >= 0.3 is 0 Å². The average Bonchev–Trinajstić information content (AvgIpc) is 2.59. The maximum atomic E-state index is 11.5. The Hall–Kier alpha value is -1.62. The summed E-state index contributed by atoms with van der Waals surface area (Å²) in [5, 5.41) is 6.85. The van der Waals surface area contributed by atoms with Gasteiger partial charge in [0.2, 0.25) is 0 Å². The van der Waals surface area contributed by atoms with E-state index in [4.69, 9.17) is 4.74 Å². The van der Waals surface area contributed by atoms with E-state index in [0.29, 0.717) is 24.5 Å². The van der Waals surface area contributed by atoms with Crippen molar-refractivity contribution in [1.82, 2.24) is 14.6 Å². The molecule has 2 heterocycles. The van der Waals surface area contributed by atoms with Gasteiger partial charge in [0.05, 0.1) is 6.61 Å². The Bertz CT molecular complexity index is 486. The number of pyridine rings is 1. The van der Waals surface area contributed by atoms with E-state index >= 15 is 0 Å². The Morgan fingerprint density at radius 3 is 3.21 bits per heavy atom. The fourth-order valence-corrected chi connectivity index (χ4v) is 1.38. The highest BCUT2D eigenvalue weighted by atomic mass is 16.5. The van der Waals surface area contributed by atoms with Crippen LogP contribution in [0.3, 0.4) is 0 Å². The van der Waals surface area contributed by atoms with Gasteiger partial charge in [-0.05, 0) is 6.07 Å². The molecule has 2 rings (SSSR count). The molecule has 0 amide bonds. The van der Waals surface area contributed by atoms with Crippen LogP contribution in [0.5, 0.6) is 0 Å².